The maximum Gasteiger partial charge on any atom is 0.325 e. The average Bonchev–Trinajstić information content (AvgIpc) is 2.56. The number of aryl methyl sites for hydroxylation is 2. The van der Waals surface area contributed by atoms with E-state index in [9.17, 15) is 14.4 Å². The highest BCUT2D eigenvalue weighted by molar-refractivity contribution is 6.01. The van der Waals surface area contributed by atoms with Crippen molar-refractivity contribution in [2.24, 2.45) is 0 Å². The number of carbonyl (C=O) groups is 3. The molecule has 0 saturated heterocycles. The smallest absolute Gasteiger partial charge is 0.325 e. The Morgan fingerprint density at radius 1 is 0.960 bits per heavy atom. The van der Waals surface area contributed by atoms with E-state index in [1.54, 1.807) is 30.3 Å². The van der Waals surface area contributed by atoms with E-state index in [0.29, 0.717) is 17.0 Å². The van der Waals surface area contributed by atoms with Crippen LogP contribution in [0.5, 0.6) is 5.75 Å². The number of ether oxygens (including phenoxy) is 1. The first-order valence-electron chi connectivity index (χ1n) is 7.77. The molecule has 0 aliphatic rings. The molecule has 0 aromatic heterocycles. The number of imide groups is 1. The van der Waals surface area contributed by atoms with Gasteiger partial charge >= 0.3 is 6.03 Å². The summed E-state index contributed by atoms with van der Waals surface area (Å²) in [4.78, 5) is 34.8. The van der Waals surface area contributed by atoms with Gasteiger partial charge in [-0.2, -0.15) is 0 Å². The fourth-order valence-electron chi connectivity index (χ4n) is 2.08. The van der Waals surface area contributed by atoms with Crippen LogP contribution in [0.25, 0.3) is 0 Å². The Balaban J connectivity index is 1.81. The molecule has 0 spiro atoms. The topological polar surface area (TPSA) is 84.5 Å². The van der Waals surface area contributed by atoms with Gasteiger partial charge < -0.3 is 10.1 Å². The first-order chi connectivity index (χ1) is 11.8. The lowest BCUT2D eigenvalue weighted by molar-refractivity contribution is -0.121. The number of ketones is 1. The Labute approximate surface area is 146 Å². The van der Waals surface area contributed by atoms with Crippen molar-refractivity contribution in [3.05, 3.63) is 59.2 Å². The second-order valence-electron chi connectivity index (χ2n) is 5.67. The second kappa shape index (κ2) is 8.10. The SMILES string of the molecule is CC(=O)c1ccc(OCC(=O)NC(=O)Nc2ccc(C)c(C)c2)cc1. The number of rotatable bonds is 5. The van der Waals surface area contributed by atoms with Crippen molar-refractivity contribution in [2.75, 3.05) is 11.9 Å². The Kier molecular flexibility index (Phi) is 5.89. The highest BCUT2D eigenvalue weighted by atomic mass is 16.5. The van der Waals surface area contributed by atoms with E-state index in [0.717, 1.165) is 11.1 Å². The number of carbonyl (C=O) groups excluding carboxylic acids is 3. The highest BCUT2D eigenvalue weighted by Gasteiger charge is 2.09. The number of urea groups is 1. The maximum absolute atomic E-state index is 11.8. The third-order valence-corrected chi connectivity index (χ3v) is 3.65. The predicted molar refractivity (Wildman–Crippen MR) is 95.0 cm³/mol. The molecule has 0 saturated carbocycles. The Morgan fingerprint density at radius 3 is 2.24 bits per heavy atom. The quantitative estimate of drug-likeness (QED) is 0.819. The number of amides is 3. The molecule has 2 rings (SSSR count). The van der Waals surface area contributed by atoms with Gasteiger partial charge in [0.15, 0.2) is 12.4 Å². The van der Waals surface area contributed by atoms with Crippen LogP contribution in [0.2, 0.25) is 0 Å². The minimum absolute atomic E-state index is 0.0488. The fourth-order valence-corrected chi connectivity index (χ4v) is 2.08. The minimum Gasteiger partial charge on any atom is -0.484 e. The summed E-state index contributed by atoms with van der Waals surface area (Å²) < 4.78 is 5.29. The summed E-state index contributed by atoms with van der Waals surface area (Å²) in [6.07, 6.45) is 0. The zero-order valence-corrected chi connectivity index (χ0v) is 14.4. The number of hydrogen-bond acceptors (Lipinski definition) is 4. The molecule has 0 aliphatic heterocycles. The molecule has 2 aromatic carbocycles. The molecule has 2 N–H and O–H groups in total. The van der Waals surface area contributed by atoms with Crippen LogP contribution < -0.4 is 15.4 Å². The van der Waals surface area contributed by atoms with Gasteiger partial charge in [0.2, 0.25) is 0 Å². The summed E-state index contributed by atoms with van der Waals surface area (Å²) in [5.41, 5.74) is 3.33. The van der Waals surface area contributed by atoms with Crippen molar-refractivity contribution in [1.29, 1.82) is 0 Å². The van der Waals surface area contributed by atoms with Gasteiger partial charge in [0.05, 0.1) is 0 Å². The van der Waals surface area contributed by atoms with Crippen LogP contribution in [-0.4, -0.2) is 24.3 Å². The molecule has 0 atom stereocenters. The first kappa shape index (κ1) is 18.2. The zero-order chi connectivity index (χ0) is 18.4. The number of Topliss-reactive ketones (excluding diaryl/α,β-unsaturated/α-hetero) is 1. The Hall–Kier alpha value is -3.15. The maximum atomic E-state index is 11.8. The van der Waals surface area contributed by atoms with Crippen LogP contribution in [0.4, 0.5) is 10.5 Å². The van der Waals surface area contributed by atoms with E-state index >= 15 is 0 Å². The van der Waals surface area contributed by atoms with Crippen molar-refractivity contribution in [1.82, 2.24) is 5.32 Å². The van der Waals surface area contributed by atoms with Crippen molar-refractivity contribution < 1.29 is 19.1 Å². The lowest BCUT2D eigenvalue weighted by atomic mass is 10.1. The number of benzene rings is 2. The molecular formula is C19H20N2O4. The number of hydrogen-bond donors (Lipinski definition) is 2. The van der Waals surface area contributed by atoms with Gasteiger partial charge in [-0.3, -0.25) is 14.9 Å². The normalized spacial score (nSPS) is 10.0. The van der Waals surface area contributed by atoms with Gasteiger partial charge in [0.25, 0.3) is 5.91 Å². The standard InChI is InChI=1S/C19H20N2O4/c1-12-4-7-16(10-13(12)2)20-19(24)21-18(23)11-25-17-8-5-15(6-9-17)14(3)22/h4-10H,11H2,1-3H3,(H2,20,21,23,24). The molecule has 6 nitrogen and oxygen atoms in total. The van der Waals surface area contributed by atoms with Crippen molar-refractivity contribution >= 4 is 23.4 Å². The fraction of sp³-hybridized carbons (Fsp3) is 0.211. The lowest BCUT2D eigenvalue weighted by Crippen LogP contribution is -2.37. The third-order valence-electron chi connectivity index (χ3n) is 3.65. The highest BCUT2D eigenvalue weighted by Crippen LogP contribution is 2.14. The molecule has 25 heavy (non-hydrogen) atoms. The van der Waals surface area contributed by atoms with E-state index in [1.807, 2.05) is 26.0 Å². The summed E-state index contributed by atoms with van der Waals surface area (Å²) in [6, 6.07) is 11.3. The molecule has 0 fully saturated rings. The summed E-state index contributed by atoms with van der Waals surface area (Å²) in [7, 11) is 0. The average molecular weight is 340 g/mol. The van der Waals surface area contributed by atoms with Crippen LogP contribution in [-0.2, 0) is 4.79 Å². The Morgan fingerprint density at radius 2 is 1.64 bits per heavy atom. The molecular weight excluding hydrogens is 320 g/mol. The van der Waals surface area contributed by atoms with E-state index in [4.69, 9.17) is 4.74 Å². The van der Waals surface area contributed by atoms with Crippen LogP contribution >= 0.6 is 0 Å². The van der Waals surface area contributed by atoms with Gasteiger partial charge in [0, 0.05) is 11.3 Å². The van der Waals surface area contributed by atoms with Crippen molar-refractivity contribution in [3.8, 4) is 5.75 Å². The molecule has 0 heterocycles. The zero-order valence-electron chi connectivity index (χ0n) is 14.4. The second-order valence-corrected chi connectivity index (χ2v) is 5.67. The third kappa shape index (κ3) is 5.46. The predicted octanol–water partition coefficient (Wildman–Crippen LogP) is 3.23. The minimum atomic E-state index is -0.621. The van der Waals surface area contributed by atoms with Gasteiger partial charge in [-0.15, -0.1) is 0 Å². The van der Waals surface area contributed by atoms with Crippen LogP contribution in [0.3, 0.4) is 0 Å². The molecule has 2 aromatic rings. The monoisotopic (exact) mass is 340 g/mol. The first-order valence-corrected chi connectivity index (χ1v) is 7.77. The van der Waals surface area contributed by atoms with Gasteiger partial charge in [0.1, 0.15) is 5.75 Å². The van der Waals surface area contributed by atoms with Crippen molar-refractivity contribution in [3.63, 3.8) is 0 Å². The molecule has 0 unspecified atom stereocenters. The lowest BCUT2D eigenvalue weighted by Gasteiger charge is -2.09. The van der Waals surface area contributed by atoms with Gasteiger partial charge in [-0.25, -0.2) is 4.79 Å². The van der Waals surface area contributed by atoms with Crippen LogP contribution in [0, 0.1) is 13.8 Å². The molecule has 6 heteroatoms. The van der Waals surface area contributed by atoms with Gasteiger partial charge in [-0.05, 0) is 68.3 Å². The summed E-state index contributed by atoms with van der Waals surface area (Å²) in [6.45, 7) is 5.08. The number of anilines is 1. The van der Waals surface area contributed by atoms with E-state index in [1.165, 1.54) is 6.92 Å². The van der Waals surface area contributed by atoms with E-state index in [-0.39, 0.29) is 12.4 Å². The number of nitrogens with one attached hydrogen (secondary N) is 2. The molecule has 3 amide bonds. The molecule has 0 radical (unpaired) electrons. The van der Waals surface area contributed by atoms with Gasteiger partial charge in [-0.1, -0.05) is 6.07 Å². The molecule has 130 valence electrons. The molecule has 0 aliphatic carbocycles. The largest absolute Gasteiger partial charge is 0.484 e. The summed E-state index contributed by atoms with van der Waals surface area (Å²) >= 11 is 0. The summed E-state index contributed by atoms with van der Waals surface area (Å²) in [5.74, 6) is -0.181. The van der Waals surface area contributed by atoms with Crippen LogP contribution in [0.15, 0.2) is 42.5 Å². The summed E-state index contributed by atoms with van der Waals surface area (Å²) in [5, 5.41) is 4.79. The van der Waals surface area contributed by atoms with Crippen molar-refractivity contribution in [2.45, 2.75) is 20.8 Å². The van der Waals surface area contributed by atoms with Crippen LogP contribution in [0.1, 0.15) is 28.4 Å². The Bertz CT molecular complexity index is 798. The van der Waals surface area contributed by atoms with E-state index in [2.05, 4.69) is 10.6 Å². The molecule has 0 bridgehead atoms. The van der Waals surface area contributed by atoms with E-state index < -0.39 is 11.9 Å².